The molecular formula is C15H20BFO2. The molecule has 102 valence electrons. The Bertz CT molecular complexity index is 493. The fourth-order valence-electron chi connectivity index (χ4n) is 1.99. The predicted octanol–water partition coefficient (Wildman–Crippen LogP) is 3.86. The lowest BCUT2D eigenvalue weighted by Gasteiger charge is -2.32. The Morgan fingerprint density at radius 3 is 2.26 bits per heavy atom. The molecule has 0 atom stereocenters. The maximum atomic E-state index is 13.2. The van der Waals surface area contributed by atoms with Crippen molar-refractivity contribution >= 4 is 12.7 Å². The van der Waals surface area contributed by atoms with Crippen LogP contribution >= 0.6 is 0 Å². The molecule has 4 heteroatoms. The molecular weight excluding hydrogens is 242 g/mol. The monoisotopic (exact) mass is 262 g/mol. The summed E-state index contributed by atoms with van der Waals surface area (Å²) in [5.74, 6) is 1.66. The molecule has 0 amide bonds. The van der Waals surface area contributed by atoms with Gasteiger partial charge in [-0.05, 0) is 52.3 Å². The van der Waals surface area contributed by atoms with Gasteiger partial charge in [0.1, 0.15) is 5.82 Å². The molecule has 1 saturated heterocycles. The number of benzene rings is 1. The van der Waals surface area contributed by atoms with Gasteiger partial charge in [-0.2, -0.15) is 0 Å². The second kappa shape index (κ2) is 4.76. The van der Waals surface area contributed by atoms with Crippen molar-refractivity contribution in [1.82, 2.24) is 0 Å². The highest BCUT2D eigenvalue weighted by Crippen LogP contribution is 2.37. The highest BCUT2D eigenvalue weighted by atomic mass is 19.1. The zero-order valence-electron chi connectivity index (χ0n) is 12.2. The summed E-state index contributed by atoms with van der Waals surface area (Å²) < 4.78 is 25.0. The fraction of sp³-hybridized carbons (Fsp3) is 0.467. The quantitative estimate of drug-likeness (QED) is 0.753. The van der Waals surface area contributed by atoms with Crippen molar-refractivity contribution in [2.75, 3.05) is 0 Å². The molecule has 0 N–H and O–H groups in total. The van der Waals surface area contributed by atoms with Gasteiger partial charge in [0.25, 0.3) is 0 Å². The summed E-state index contributed by atoms with van der Waals surface area (Å²) in [5.41, 5.74) is 1.08. The fourth-order valence-corrected chi connectivity index (χ4v) is 1.99. The van der Waals surface area contributed by atoms with Gasteiger partial charge < -0.3 is 9.31 Å². The van der Waals surface area contributed by atoms with E-state index in [-0.39, 0.29) is 17.0 Å². The van der Waals surface area contributed by atoms with Crippen molar-refractivity contribution in [3.63, 3.8) is 0 Å². The van der Waals surface area contributed by atoms with Crippen molar-refractivity contribution < 1.29 is 13.7 Å². The van der Waals surface area contributed by atoms with Gasteiger partial charge in [-0.15, -0.1) is 0 Å². The lowest BCUT2D eigenvalue weighted by Crippen LogP contribution is -2.41. The van der Waals surface area contributed by atoms with E-state index in [1.165, 1.54) is 12.1 Å². The van der Waals surface area contributed by atoms with Gasteiger partial charge in [0.15, 0.2) is 0 Å². The second-order valence-corrected chi connectivity index (χ2v) is 5.98. The average Bonchev–Trinajstić information content (AvgIpc) is 2.46. The second-order valence-electron chi connectivity index (χ2n) is 5.98. The zero-order valence-corrected chi connectivity index (χ0v) is 12.2. The molecule has 2 rings (SSSR count). The van der Waals surface area contributed by atoms with Crippen LogP contribution in [0.15, 0.2) is 30.2 Å². The first-order valence-corrected chi connectivity index (χ1v) is 6.51. The minimum absolute atomic E-state index is 0.237. The Morgan fingerprint density at radius 1 is 1.16 bits per heavy atom. The maximum Gasteiger partial charge on any atom is 0.487 e. The van der Waals surface area contributed by atoms with Crippen molar-refractivity contribution in [2.45, 2.75) is 45.8 Å². The third kappa shape index (κ3) is 2.90. The van der Waals surface area contributed by atoms with E-state index in [2.05, 4.69) is 0 Å². The van der Waals surface area contributed by atoms with Crippen LogP contribution in [-0.4, -0.2) is 18.3 Å². The highest BCUT2D eigenvalue weighted by molar-refractivity contribution is 6.53. The third-order valence-corrected chi connectivity index (χ3v) is 3.94. The number of rotatable bonds is 2. The molecule has 2 nitrogen and oxygen atoms in total. The zero-order chi connectivity index (χ0) is 14.3. The number of hydrogen-bond donors (Lipinski definition) is 0. The first kappa shape index (κ1) is 14.3. The lowest BCUT2D eigenvalue weighted by atomic mass is 9.85. The van der Waals surface area contributed by atoms with E-state index in [1.54, 1.807) is 6.07 Å². The van der Waals surface area contributed by atoms with Crippen LogP contribution < -0.4 is 0 Å². The van der Waals surface area contributed by atoms with Gasteiger partial charge in [-0.3, -0.25) is 0 Å². The Hall–Kier alpha value is -1.13. The summed E-state index contributed by atoms with van der Waals surface area (Å²) in [6.07, 6.45) is 0. The van der Waals surface area contributed by atoms with Crippen molar-refractivity contribution in [3.05, 3.63) is 41.6 Å². The smallest absolute Gasteiger partial charge is 0.400 e. The first-order valence-electron chi connectivity index (χ1n) is 6.51. The molecule has 1 aliphatic heterocycles. The van der Waals surface area contributed by atoms with Crippen LogP contribution in [0.1, 0.15) is 40.2 Å². The minimum Gasteiger partial charge on any atom is -0.400 e. The predicted molar refractivity (Wildman–Crippen MR) is 76.1 cm³/mol. The van der Waals surface area contributed by atoms with E-state index in [0.29, 0.717) is 0 Å². The Morgan fingerprint density at radius 2 is 1.74 bits per heavy atom. The van der Waals surface area contributed by atoms with Gasteiger partial charge in [0, 0.05) is 0 Å². The molecule has 0 bridgehead atoms. The number of halogens is 1. The van der Waals surface area contributed by atoms with Gasteiger partial charge in [-0.25, -0.2) is 4.39 Å². The Labute approximate surface area is 114 Å². The molecule has 0 spiro atoms. The molecule has 0 aromatic heterocycles. The largest absolute Gasteiger partial charge is 0.487 e. The van der Waals surface area contributed by atoms with E-state index < -0.39 is 7.12 Å². The summed E-state index contributed by atoms with van der Waals surface area (Å²) >= 11 is 0. The van der Waals surface area contributed by atoms with E-state index in [4.69, 9.17) is 9.31 Å². The van der Waals surface area contributed by atoms with Gasteiger partial charge >= 0.3 is 7.12 Å². The molecule has 1 fully saturated rings. The van der Waals surface area contributed by atoms with Gasteiger partial charge in [0.2, 0.25) is 0 Å². The summed E-state index contributed by atoms with van der Waals surface area (Å²) in [4.78, 5) is 0. The van der Waals surface area contributed by atoms with E-state index in [0.717, 1.165) is 11.1 Å². The summed E-state index contributed by atoms with van der Waals surface area (Å²) in [6, 6.07) is 6.52. The Kier molecular flexibility index (Phi) is 3.58. The van der Waals surface area contributed by atoms with Crippen LogP contribution in [0.25, 0.3) is 5.57 Å². The third-order valence-electron chi connectivity index (χ3n) is 3.94. The maximum absolute atomic E-state index is 13.2. The van der Waals surface area contributed by atoms with Crippen LogP contribution in [0.4, 0.5) is 4.39 Å². The average molecular weight is 262 g/mol. The summed E-state index contributed by atoms with van der Waals surface area (Å²) in [7, 11) is -0.395. The normalized spacial score (nSPS) is 21.8. The number of hydrogen-bond acceptors (Lipinski definition) is 2. The van der Waals surface area contributed by atoms with E-state index >= 15 is 0 Å². The van der Waals surface area contributed by atoms with E-state index in [9.17, 15) is 4.39 Å². The standard InChI is InChI=1S/C15H20BFO2/c1-11(12-7-6-8-13(17)9-12)10-16-18-14(2,3)15(4,5)19-16/h6-10H,1-5H3/b11-10+. The minimum atomic E-state index is -0.395. The van der Waals surface area contributed by atoms with Crippen LogP contribution in [0.5, 0.6) is 0 Å². The molecule has 19 heavy (non-hydrogen) atoms. The SMILES string of the molecule is C/C(=C\B1OC(C)(C)C(C)(C)O1)c1cccc(F)c1. The molecule has 1 heterocycles. The van der Waals surface area contributed by atoms with Crippen molar-refractivity contribution in [1.29, 1.82) is 0 Å². The molecule has 0 saturated carbocycles. The van der Waals surface area contributed by atoms with Crippen molar-refractivity contribution in [2.24, 2.45) is 0 Å². The molecule has 0 unspecified atom stereocenters. The highest BCUT2D eigenvalue weighted by Gasteiger charge is 2.50. The topological polar surface area (TPSA) is 18.5 Å². The molecule has 1 aromatic carbocycles. The first-order chi connectivity index (χ1) is 8.71. The van der Waals surface area contributed by atoms with Crippen LogP contribution in [0.3, 0.4) is 0 Å². The van der Waals surface area contributed by atoms with Gasteiger partial charge in [0.05, 0.1) is 11.2 Å². The molecule has 0 aliphatic carbocycles. The van der Waals surface area contributed by atoms with Crippen LogP contribution in [-0.2, 0) is 9.31 Å². The molecule has 1 aromatic rings. The summed E-state index contributed by atoms with van der Waals surface area (Å²) in [5, 5.41) is 0. The number of allylic oxidation sites excluding steroid dienone is 1. The Balaban J connectivity index is 2.20. The lowest BCUT2D eigenvalue weighted by molar-refractivity contribution is 0.00578. The van der Waals surface area contributed by atoms with Crippen LogP contribution in [0, 0.1) is 5.82 Å². The van der Waals surface area contributed by atoms with Crippen LogP contribution in [0.2, 0.25) is 0 Å². The molecule has 1 aliphatic rings. The summed E-state index contributed by atoms with van der Waals surface area (Å²) in [6.45, 7) is 9.98. The van der Waals surface area contributed by atoms with E-state index in [1.807, 2.05) is 46.7 Å². The van der Waals surface area contributed by atoms with Crippen molar-refractivity contribution in [3.8, 4) is 0 Å². The van der Waals surface area contributed by atoms with Gasteiger partial charge in [-0.1, -0.05) is 23.7 Å². The molecule has 0 radical (unpaired) electrons.